The first-order chi connectivity index (χ1) is 14.3. The minimum absolute atomic E-state index is 0.217. The van der Waals surface area contributed by atoms with Crippen molar-refractivity contribution in [3.8, 4) is 0 Å². The molecule has 0 saturated carbocycles. The van der Waals surface area contributed by atoms with E-state index >= 15 is 0 Å². The third kappa shape index (κ3) is 3.96. The van der Waals surface area contributed by atoms with Gasteiger partial charge in [0.2, 0.25) is 0 Å². The van der Waals surface area contributed by atoms with Gasteiger partial charge in [-0.1, -0.05) is 41.9 Å². The molecule has 2 heterocycles. The highest BCUT2D eigenvalue weighted by molar-refractivity contribution is 6.35. The van der Waals surface area contributed by atoms with E-state index in [1.807, 2.05) is 0 Å². The number of fused-ring (bicyclic) bond motifs is 1. The minimum Gasteiger partial charge on any atom is -0.382 e. The number of para-hydroxylation sites is 1. The van der Waals surface area contributed by atoms with Crippen molar-refractivity contribution in [1.29, 1.82) is 0 Å². The number of hydrogen-bond donors (Lipinski definition) is 2. The zero-order valence-corrected chi connectivity index (χ0v) is 16.7. The lowest BCUT2D eigenvalue weighted by molar-refractivity contribution is -0.140. The molecule has 1 aliphatic heterocycles. The van der Waals surface area contributed by atoms with E-state index in [4.69, 9.17) is 11.6 Å². The molecule has 30 heavy (non-hydrogen) atoms. The minimum atomic E-state index is -4.67. The summed E-state index contributed by atoms with van der Waals surface area (Å²) in [4.78, 5) is 3.74. The second kappa shape index (κ2) is 8.04. The molecule has 0 amide bonds. The highest BCUT2D eigenvalue weighted by Gasteiger charge is 2.38. The summed E-state index contributed by atoms with van der Waals surface area (Å²) in [5.74, 6) is -0.325. The van der Waals surface area contributed by atoms with Crippen LogP contribution in [0.3, 0.4) is 0 Å². The number of halogens is 5. The van der Waals surface area contributed by atoms with Crippen molar-refractivity contribution in [2.75, 3.05) is 25.0 Å². The van der Waals surface area contributed by atoms with Crippen LogP contribution < -0.4 is 10.6 Å². The third-order valence-corrected chi connectivity index (χ3v) is 6.09. The summed E-state index contributed by atoms with van der Waals surface area (Å²) in [6, 6.07) is 12.9. The molecule has 0 aliphatic carbocycles. The van der Waals surface area contributed by atoms with Crippen LogP contribution in [0.15, 0.2) is 48.5 Å². The van der Waals surface area contributed by atoms with Crippen LogP contribution in [0, 0.1) is 5.82 Å². The maximum Gasteiger partial charge on any atom is 0.434 e. The van der Waals surface area contributed by atoms with E-state index in [9.17, 15) is 17.6 Å². The lowest BCUT2D eigenvalue weighted by Gasteiger charge is -2.39. The summed E-state index contributed by atoms with van der Waals surface area (Å²) in [5.41, 5.74) is -0.0761. The molecule has 1 saturated heterocycles. The molecule has 3 nitrogen and oxygen atoms in total. The van der Waals surface area contributed by atoms with Crippen LogP contribution in [0.2, 0.25) is 5.02 Å². The van der Waals surface area contributed by atoms with Crippen molar-refractivity contribution in [2.45, 2.75) is 24.4 Å². The highest BCUT2D eigenvalue weighted by Crippen LogP contribution is 2.42. The maximum absolute atomic E-state index is 13.5. The molecule has 2 N–H and O–H groups in total. The lowest BCUT2D eigenvalue weighted by atomic mass is 9.73. The number of piperidine rings is 1. The second-order valence-corrected chi connectivity index (χ2v) is 7.93. The van der Waals surface area contributed by atoms with E-state index in [0.717, 1.165) is 31.5 Å². The zero-order valence-electron chi connectivity index (χ0n) is 16.0. The molecule has 0 atom stereocenters. The van der Waals surface area contributed by atoms with Gasteiger partial charge in [0.1, 0.15) is 5.82 Å². The van der Waals surface area contributed by atoms with E-state index in [0.29, 0.717) is 11.9 Å². The van der Waals surface area contributed by atoms with Crippen molar-refractivity contribution in [2.24, 2.45) is 0 Å². The average molecular weight is 438 g/mol. The van der Waals surface area contributed by atoms with Gasteiger partial charge in [0.15, 0.2) is 5.69 Å². The summed E-state index contributed by atoms with van der Waals surface area (Å²) in [7, 11) is 0. The van der Waals surface area contributed by atoms with Gasteiger partial charge in [-0.25, -0.2) is 9.37 Å². The van der Waals surface area contributed by atoms with Crippen LogP contribution >= 0.6 is 11.6 Å². The molecule has 3 aromatic rings. The molecule has 8 heteroatoms. The summed E-state index contributed by atoms with van der Waals surface area (Å²) < 4.78 is 54.0. The fraction of sp³-hybridized carbons (Fsp3) is 0.318. The monoisotopic (exact) mass is 437 g/mol. The second-order valence-electron chi connectivity index (χ2n) is 7.56. The quantitative estimate of drug-likeness (QED) is 0.508. The largest absolute Gasteiger partial charge is 0.434 e. The van der Waals surface area contributed by atoms with E-state index in [-0.39, 0.29) is 22.4 Å². The Balaban J connectivity index is 1.75. The van der Waals surface area contributed by atoms with Crippen LogP contribution in [0.4, 0.5) is 23.2 Å². The fourth-order valence-electron chi connectivity index (χ4n) is 4.08. The Labute approximate surface area is 176 Å². The molecule has 1 aromatic heterocycles. The van der Waals surface area contributed by atoms with E-state index in [1.54, 1.807) is 30.3 Å². The van der Waals surface area contributed by atoms with Gasteiger partial charge in [0, 0.05) is 17.3 Å². The predicted molar refractivity (Wildman–Crippen MR) is 110 cm³/mol. The molecule has 0 unspecified atom stereocenters. The van der Waals surface area contributed by atoms with E-state index in [2.05, 4.69) is 15.6 Å². The molecule has 0 radical (unpaired) electrons. The normalized spacial score (nSPS) is 16.6. The number of anilines is 1. The first-order valence-electron chi connectivity index (χ1n) is 9.66. The molecule has 158 valence electrons. The van der Waals surface area contributed by atoms with Crippen LogP contribution in [0.1, 0.15) is 24.1 Å². The lowest BCUT2D eigenvalue weighted by Crippen LogP contribution is -2.44. The molecule has 4 rings (SSSR count). The number of nitrogens with one attached hydrogen (secondary N) is 2. The molecule has 1 fully saturated rings. The Hall–Kier alpha value is -2.38. The number of hydrogen-bond acceptors (Lipinski definition) is 3. The molecular formula is C22H20ClF4N3. The SMILES string of the molecule is Fc1ccc(C2(CNc3c(Cl)c(C(F)(F)F)nc4ccccc34)CCNCC2)cc1. The molecular weight excluding hydrogens is 418 g/mol. The first kappa shape index (κ1) is 20.9. The van der Waals surface area contributed by atoms with Crippen LogP contribution in [-0.2, 0) is 11.6 Å². The van der Waals surface area contributed by atoms with Gasteiger partial charge in [0.25, 0.3) is 0 Å². The van der Waals surface area contributed by atoms with Gasteiger partial charge in [-0.15, -0.1) is 0 Å². The van der Waals surface area contributed by atoms with E-state index < -0.39 is 16.9 Å². The Bertz CT molecular complexity index is 1040. The Morgan fingerprint density at radius 1 is 1.03 bits per heavy atom. The number of alkyl halides is 3. The van der Waals surface area contributed by atoms with Gasteiger partial charge in [-0.3, -0.25) is 0 Å². The summed E-state index contributed by atoms with van der Waals surface area (Å²) >= 11 is 6.20. The highest BCUT2D eigenvalue weighted by atomic mass is 35.5. The number of rotatable bonds is 4. The zero-order chi connectivity index (χ0) is 21.4. The van der Waals surface area contributed by atoms with Crippen molar-refractivity contribution >= 4 is 28.2 Å². The smallest absolute Gasteiger partial charge is 0.382 e. The van der Waals surface area contributed by atoms with E-state index in [1.165, 1.54) is 18.2 Å². The maximum atomic E-state index is 13.5. The van der Waals surface area contributed by atoms with Gasteiger partial charge in [-0.05, 0) is 49.7 Å². The van der Waals surface area contributed by atoms with Crippen LogP contribution in [0.5, 0.6) is 0 Å². The molecule has 0 bridgehead atoms. The fourth-order valence-corrected chi connectivity index (χ4v) is 4.40. The van der Waals surface area contributed by atoms with Crippen LogP contribution in [-0.4, -0.2) is 24.6 Å². The number of nitrogens with zero attached hydrogens (tertiary/aromatic N) is 1. The number of pyridine rings is 1. The van der Waals surface area contributed by atoms with Crippen molar-refractivity contribution < 1.29 is 17.6 Å². The van der Waals surface area contributed by atoms with Gasteiger partial charge in [0.05, 0.1) is 16.2 Å². The molecule has 0 spiro atoms. The third-order valence-electron chi connectivity index (χ3n) is 5.72. The Morgan fingerprint density at radius 2 is 1.70 bits per heavy atom. The Kier molecular flexibility index (Phi) is 5.59. The van der Waals surface area contributed by atoms with Gasteiger partial charge in [-0.2, -0.15) is 13.2 Å². The summed E-state index contributed by atoms with van der Waals surface area (Å²) in [5, 5.41) is 6.59. The number of aromatic nitrogens is 1. The van der Waals surface area contributed by atoms with Crippen molar-refractivity contribution in [3.63, 3.8) is 0 Å². The first-order valence-corrected chi connectivity index (χ1v) is 10.0. The van der Waals surface area contributed by atoms with Crippen molar-refractivity contribution in [3.05, 3.63) is 70.6 Å². The standard InChI is InChI=1S/C22H20ClF4N3/c23-18-19(16-3-1-2-4-17(16)30-20(18)22(25,26)27)29-13-21(9-11-28-12-10-21)14-5-7-15(24)8-6-14/h1-8,28H,9-13H2,(H,29,30). The molecule has 1 aliphatic rings. The number of benzene rings is 2. The predicted octanol–water partition coefficient (Wildman–Crippen LogP) is 5.78. The summed E-state index contributed by atoms with van der Waals surface area (Å²) in [6.07, 6.45) is -3.14. The average Bonchev–Trinajstić information content (AvgIpc) is 2.73. The Morgan fingerprint density at radius 3 is 2.37 bits per heavy atom. The topological polar surface area (TPSA) is 37.0 Å². The van der Waals surface area contributed by atoms with Crippen molar-refractivity contribution in [1.82, 2.24) is 10.3 Å². The van der Waals surface area contributed by atoms with Crippen LogP contribution in [0.25, 0.3) is 10.9 Å². The molecule has 2 aromatic carbocycles. The van der Waals surface area contributed by atoms with Gasteiger partial charge >= 0.3 is 6.18 Å². The summed E-state index contributed by atoms with van der Waals surface area (Å²) in [6.45, 7) is 1.89. The van der Waals surface area contributed by atoms with Gasteiger partial charge < -0.3 is 10.6 Å².